The first kappa shape index (κ1) is 22.1. The molecule has 7 nitrogen and oxygen atoms in total. The summed E-state index contributed by atoms with van der Waals surface area (Å²) in [5.41, 5.74) is -0.0570. The van der Waals surface area contributed by atoms with Gasteiger partial charge in [-0.25, -0.2) is 9.18 Å². The number of amides is 1. The van der Waals surface area contributed by atoms with Gasteiger partial charge in [-0.1, -0.05) is 41.4 Å². The summed E-state index contributed by atoms with van der Waals surface area (Å²) < 4.78 is 14.4. The number of halogens is 3. The normalized spacial score (nSPS) is 14.0. The van der Waals surface area contributed by atoms with E-state index in [0.29, 0.717) is 36.8 Å². The van der Waals surface area contributed by atoms with E-state index in [1.165, 1.54) is 6.07 Å². The summed E-state index contributed by atoms with van der Waals surface area (Å²) >= 11 is 12.0. The second-order valence-corrected chi connectivity index (χ2v) is 8.18. The number of benzene rings is 2. The van der Waals surface area contributed by atoms with Gasteiger partial charge in [0.2, 0.25) is 0 Å². The Bertz CT molecular complexity index is 1280. The Hall–Kier alpha value is -3.10. The molecule has 0 spiro atoms. The smallest absolute Gasteiger partial charge is 0.328 e. The van der Waals surface area contributed by atoms with Crippen molar-refractivity contribution in [1.29, 1.82) is 0 Å². The average molecular weight is 477 g/mol. The summed E-state index contributed by atoms with van der Waals surface area (Å²) in [6.07, 6.45) is 1.15. The summed E-state index contributed by atoms with van der Waals surface area (Å²) in [5, 5.41) is 0.459. The van der Waals surface area contributed by atoms with Gasteiger partial charge in [0.1, 0.15) is 11.4 Å². The molecule has 0 aliphatic carbocycles. The molecule has 0 bridgehead atoms. The van der Waals surface area contributed by atoms with Crippen molar-refractivity contribution in [2.75, 3.05) is 31.1 Å². The second kappa shape index (κ2) is 9.18. The van der Waals surface area contributed by atoms with E-state index in [2.05, 4.69) is 4.98 Å². The lowest BCUT2D eigenvalue weighted by Gasteiger charge is -2.36. The number of hydrogen-bond acceptors (Lipinski definition) is 4. The minimum absolute atomic E-state index is 0.0355. The van der Waals surface area contributed by atoms with Crippen molar-refractivity contribution in [3.8, 4) is 0 Å². The Kier molecular flexibility index (Phi) is 6.34. The molecule has 1 fully saturated rings. The van der Waals surface area contributed by atoms with Crippen LogP contribution in [0.15, 0.2) is 58.3 Å². The standard InChI is InChI=1S/C22H19Cl2FN4O3/c23-17-4-2-1-3-14(17)13-29-21(31)16(12-26-22(29)32)20(30)28-9-7-27(8-10-28)15-5-6-19(25)18(24)11-15/h1-6,11-12H,7-10,13H2,(H,26,32). The molecule has 3 aromatic rings. The quantitative estimate of drug-likeness (QED) is 0.627. The summed E-state index contributed by atoms with van der Waals surface area (Å²) in [5.74, 6) is -0.952. The maximum atomic E-state index is 13.4. The van der Waals surface area contributed by atoms with E-state index in [-0.39, 0.29) is 17.1 Å². The number of hydrogen-bond donors (Lipinski definition) is 1. The van der Waals surface area contributed by atoms with E-state index >= 15 is 0 Å². The van der Waals surface area contributed by atoms with E-state index in [0.717, 1.165) is 16.5 Å². The van der Waals surface area contributed by atoms with Crippen LogP contribution in [0.3, 0.4) is 0 Å². The lowest BCUT2D eigenvalue weighted by Crippen LogP contribution is -2.50. The topological polar surface area (TPSA) is 78.4 Å². The minimum atomic E-state index is -0.675. The predicted molar refractivity (Wildman–Crippen MR) is 121 cm³/mol. The lowest BCUT2D eigenvalue weighted by atomic mass is 10.2. The lowest BCUT2D eigenvalue weighted by molar-refractivity contribution is 0.0743. The fourth-order valence-corrected chi connectivity index (χ4v) is 4.00. The van der Waals surface area contributed by atoms with Gasteiger partial charge in [-0.2, -0.15) is 0 Å². The number of piperazine rings is 1. The van der Waals surface area contributed by atoms with Crippen LogP contribution in [0.25, 0.3) is 0 Å². The van der Waals surface area contributed by atoms with Crippen LogP contribution in [-0.4, -0.2) is 46.5 Å². The van der Waals surface area contributed by atoms with Gasteiger partial charge in [0.15, 0.2) is 0 Å². The SMILES string of the molecule is O=C(c1c[nH]c(=O)n(Cc2ccccc2Cl)c1=O)N1CCN(c2ccc(F)c(Cl)c2)CC1. The van der Waals surface area contributed by atoms with Crippen molar-refractivity contribution in [1.82, 2.24) is 14.5 Å². The first-order chi connectivity index (χ1) is 15.3. The monoisotopic (exact) mass is 476 g/mol. The summed E-state index contributed by atoms with van der Waals surface area (Å²) in [4.78, 5) is 44.2. The van der Waals surface area contributed by atoms with Crippen molar-refractivity contribution >= 4 is 34.8 Å². The Labute approximate surface area is 192 Å². The zero-order chi connectivity index (χ0) is 22.8. The van der Waals surface area contributed by atoms with E-state index in [9.17, 15) is 18.8 Å². The molecule has 2 aromatic carbocycles. The van der Waals surface area contributed by atoms with Crippen LogP contribution in [0.2, 0.25) is 10.0 Å². The number of H-pyrrole nitrogens is 1. The maximum absolute atomic E-state index is 13.4. The average Bonchev–Trinajstić information content (AvgIpc) is 2.79. The fourth-order valence-electron chi connectivity index (χ4n) is 3.62. The van der Waals surface area contributed by atoms with Gasteiger partial charge in [0.05, 0.1) is 11.6 Å². The highest BCUT2D eigenvalue weighted by molar-refractivity contribution is 6.31. The molecule has 1 N–H and O–H groups in total. The molecule has 32 heavy (non-hydrogen) atoms. The van der Waals surface area contributed by atoms with Crippen LogP contribution in [0.1, 0.15) is 15.9 Å². The number of anilines is 1. The Morgan fingerprint density at radius 1 is 1.00 bits per heavy atom. The summed E-state index contributed by atoms with van der Waals surface area (Å²) in [6, 6.07) is 11.4. The number of nitrogens with zero attached hydrogens (tertiary/aromatic N) is 3. The molecule has 0 unspecified atom stereocenters. The summed E-state index contributed by atoms with van der Waals surface area (Å²) in [7, 11) is 0. The molecule has 0 saturated carbocycles. The number of carbonyl (C=O) groups excluding carboxylic acids is 1. The zero-order valence-electron chi connectivity index (χ0n) is 16.9. The van der Waals surface area contributed by atoms with Crippen LogP contribution in [-0.2, 0) is 6.54 Å². The third kappa shape index (κ3) is 4.42. The van der Waals surface area contributed by atoms with Crippen molar-refractivity contribution in [3.63, 3.8) is 0 Å². The number of carbonyl (C=O) groups is 1. The first-order valence-electron chi connectivity index (χ1n) is 9.90. The molecule has 166 valence electrons. The number of aromatic amines is 1. The third-order valence-electron chi connectivity index (χ3n) is 5.41. The van der Waals surface area contributed by atoms with Gasteiger partial charge in [0.25, 0.3) is 11.5 Å². The number of rotatable bonds is 4. The van der Waals surface area contributed by atoms with Crippen LogP contribution in [0, 0.1) is 5.82 Å². The van der Waals surface area contributed by atoms with E-state index in [1.807, 2.05) is 4.90 Å². The molecule has 1 saturated heterocycles. The minimum Gasteiger partial charge on any atom is -0.368 e. The molecule has 1 aliphatic rings. The fraction of sp³-hybridized carbons (Fsp3) is 0.227. The first-order valence-corrected chi connectivity index (χ1v) is 10.7. The van der Waals surface area contributed by atoms with Crippen molar-refractivity contribution in [2.24, 2.45) is 0 Å². The van der Waals surface area contributed by atoms with Crippen molar-refractivity contribution < 1.29 is 9.18 Å². The van der Waals surface area contributed by atoms with Crippen LogP contribution < -0.4 is 16.1 Å². The molecule has 1 aromatic heterocycles. The highest BCUT2D eigenvalue weighted by Crippen LogP contribution is 2.23. The van der Waals surface area contributed by atoms with Gasteiger partial charge < -0.3 is 14.8 Å². The summed E-state index contributed by atoms with van der Waals surface area (Å²) in [6.45, 7) is 1.65. The Morgan fingerprint density at radius 3 is 2.41 bits per heavy atom. The molecule has 2 heterocycles. The van der Waals surface area contributed by atoms with Gasteiger partial charge >= 0.3 is 5.69 Å². The van der Waals surface area contributed by atoms with E-state index in [4.69, 9.17) is 23.2 Å². The number of aromatic nitrogens is 2. The highest BCUT2D eigenvalue weighted by Gasteiger charge is 2.25. The van der Waals surface area contributed by atoms with Gasteiger partial charge in [0, 0.05) is 43.1 Å². The Morgan fingerprint density at radius 2 is 1.72 bits per heavy atom. The largest absolute Gasteiger partial charge is 0.368 e. The second-order valence-electron chi connectivity index (χ2n) is 7.37. The van der Waals surface area contributed by atoms with Crippen molar-refractivity contribution in [3.05, 3.63) is 96.5 Å². The van der Waals surface area contributed by atoms with Gasteiger partial charge in [-0.3, -0.25) is 14.2 Å². The molecule has 4 rings (SSSR count). The van der Waals surface area contributed by atoms with Crippen molar-refractivity contribution in [2.45, 2.75) is 6.54 Å². The molecule has 0 atom stereocenters. The van der Waals surface area contributed by atoms with Gasteiger partial charge in [-0.05, 0) is 29.8 Å². The van der Waals surface area contributed by atoms with Gasteiger partial charge in [-0.15, -0.1) is 0 Å². The van der Waals surface area contributed by atoms with E-state index in [1.54, 1.807) is 41.3 Å². The van der Waals surface area contributed by atoms with Crippen LogP contribution in [0.5, 0.6) is 0 Å². The molecular formula is C22H19Cl2FN4O3. The predicted octanol–water partition coefficient (Wildman–Crippen LogP) is 2.99. The van der Waals surface area contributed by atoms with Crippen LogP contribution >= 0.6 is 23.2 Å². The van der Waals surface area contributed by atoms with E-state index < -0.39 is 23.0 Å². The molecule has 10 heteroatoms. The Balaban J connectivity index is 1.51. The zero-order valence-corrected chi connectivity index (χ0v) is 18.4. The maximum Gasteiger partial charge on any atom is 0.328 e. The highest BCUT2D eigenvalue weighted by atomic mass is 35.5. The molecule has 0 radical (unpaired) electrons. The van der Waals surface area contributed by atoms with Crippen LogP contribution in [0.4, 0.5) is 10.1 Å². The molecule has 1 aliphatic heterocycles. The third-order valence-corrected chi connectivity index (χ3v) is 6.07. The molecular weight excluding hydrogens is 458 g/mol. The molecule has 1 amide bonds. The number of nitrogens with one attached hydrogen (secondary N) is 1.